The topological polar surface area (TPSA) is 74.8 Å². The van der Waals surface area contributed by atoms with Crippen LogP contribution in [-0.4, -0.2) is 32.8 Å². The number of aromatic amines is 1. The number of nitrogens with zero attached hydrogens (tertiary/aromatic N) is 4. The van der Waals surface area contributed by atoms with Crippen molar-refractivity contribution in [3.63, 3.8) is 0 Å². The van der Waals surface area contributed by atoms with Crippen molar-refractivity contribution < 1.29 is 9.18 Å². The number of fused-ring (bicyclic) bond motifs is 1. The maximum atomic E-state index is 13.1. The Kier molecular flexibility index (Phi) is 3.96. The predicted molar refractivity (Wildman–Crippen MR) is 98.6 cm³/mol. The highest BCUT2D eigenvalue weighted by molar-refractivity contribution is 7.18. The molecule has 0 unspecified atom stereocenters. The van der Waals surface area contributed by atoms with Crippen molar-refractivity contribution in [2.75, 3.05) is 11.9 Å². The number of halogens is 1. The second-order valence-corrected chi connectivity index (χ2v) is 7.01. The third-order valence-corrected chi connectivity index (χ3v) is 4.91. The fraction of sp³-hybridized carbons (Fsp3) is 0.111. The predicted octanol–water partition coefficient (Wildman–Crippen LogP) is 3.86. The first-order valence-corrected chi connectivity index (χ1v) is 8.65. The summed E-state index contributed by atoms with van der Waals surface area (Å²) in [7, 11) is 1.84. The van der Waals surface area contributed by atoms with Gasteiger partial charge in [-0.25, -0.2) is 19.3 Å². The van der Waals surface area contributed by atoms with Crippen LogP contribution in [0, 0.1) is 12.7 Å². The molecule has 0 aliphatic carbocycles. The van der Waals surface area contributed by atoms with E-state index in [-0.39, 0.29) is 11.6 Å². The molecular formula is C18H14FN5OS. The fourth-order valence-electron chi connectivity index (χ4n) is 2.66. The number of anilines is 2. The highest BCUT2D eigenvalue weighted by Crippen LogP contribution is 2.33. The zero-order valence-corrected chi connectivity index (χ0v) is 14.8. The van der Waals surface area contributed by atoms with E-state index in [1.165, 1.54) is 35.6 Å². The summed E-state index contributed by atoms with van der Waals surface area (Å²) in [6.45, 7) is 1.98. The summed E-state index contributed by atoms with van der Waals surface area (Å²) in [4.78, 5) is 32.4. The molecule has 1 aromatic carbocycles. The number of imidazole rings is 1. The van der Waals surface area contributed by atoms with E-state index in [0.29, 0.717) is 11.4 Å². The Morgan fingerprint density at radius 3 is 2.69 bits per heavy atom. The fourth-order valence-corrected chi connectivity index (χ4v) is 3.53. The normalized spacial score (nSPS) is 11.0. The Morgan fingerprint density at radius 1 is 1.23 bits per heavy atom. The van der Waals surface area contributed by atoms with Gasteiger partial charge in [-0.15, -0.1) is 11.3 Å². The van der Waals surface area contributed by atoms with Gasteiger partial charge in [0.1, 0.15) is 22.3 Å². The molecule has 26 heavy (non-hydrogen) atoms. The monoisotopic (exact) mass is 367 g/mol. The number of aromatic nitrogens is 4. The average molecular weight is 367 g/mol. The Morgan fingerprint density at radius 2 is 2.00 bits per heavy atom. The van der Waals surface area contributed by atoms with Crippen LogP contribution in [-0.2, 0) is 0 Å². The van der Waals surface area contributed by atoms with Crippen LogP contribution in [0.15, 0.2) is 42.9 Å². The minimum absolute atomic E-state index is 0.0762. The minimum Gasteiger partial charge on any atom is -0.331 e. The molecule has 6 nitrogen and oxygen atoms in total. The molecule has 0 spiro atoms. The van der Waals surface area contributed by atoms with Crippen LogP contribution in [0.4, 0.5) is 16.0 Å². The lowest BCUT2D eigenvalue weighted by atomic mass is 10.1. The molecule has 0 bridgehead atoms. The van der Waals surface area contributed by atoms with Gasteiger partial charge in [-0.2, -0.15) is 0 Å². The van der Waals surface area contributed by atoms with Crippen LogP contribution in [0.1, 0.15) is 21.1 Å². The molecule has 0 radical (unpaired) electrons. The molecule has 1 N–H and O–H groups in total. The molecule has 0 amide bonds. The number of ketones is 1. The zero-order chi connectivity index (χ0) is 18.3. The molecule has 0 atom stereocenters. The average Bonchev–Trinajstić information content (AvgIpc) is 3.29. The van der Waals surface area contributed by atoms with E-state index in [2.05, 4.69) is 19.9 Å². The van der Waals surface area contributed by atoms with E-state index in [1.54, 1.807) is 12.5 Å². The first-order valence-electron chi connectivity index (χ1n) is 7.83. The number of benzene rings is 1. The molecule has 4 aromatic rings. The van der Waals surface area contributed by atoms with E-state index in [0.717, 1.165) is 20.9 Å². The van der Waals surface area contributed by atoms with E-state index in [1.807, 2.05) is 24.9 Å². The second kappa shape index (κ2) is 6.30. The number of carbonyl (C=O) groups excluding carboxylic acids is 1. The van der Waals surface area contributed by atoms with Gasteiger partial charge < -0.3 is 9.88 Å². The van der Waals surface area contributed by atoms with E-state index >= 15 is 0 Å². The zero-order valence-electron chi connectivity index (χ0n) is 14.0. The standard InChI is InChI=1S/C18H14FN5OS/c1-10-7-13-17(24(2)14-8-20-9-21-14)22-16(23-18(13)26-10)15(25)11-3-5-12(19)6-4-11/h3-9H,1-2H3,(H,20,21). The Labute approximate surface area is 152 Å². The van der Waals surface area contributed by atoms with Crippen molar-refractivity contribution >= 4 is 39.0 Å². The molecule has 0 aliphatic heterocycles. The van der Waals surface area contributed by atoms with Crippen LogP contribution in [0.25, 0.3) is 10.2 Å². The minimum atomic E-state index is -0.397. The number of H-pyrrole nitrogens is 1. The van der Waals surface area contributed by atoms with E-state index in [4.69, 9.17) is 0 Å². The quantitative estimate of drug-likeness (QED) is 0.554. The first-order chi connectivity index (χ1) is 12.5. The van der Waals surface area contributed by atoms with Gasteiger partial charge in [0.2, 0.25) is 11.6 Å². The van der Waals surface area contributed by atoms with Crippen LogP contribution < -0.4 is 4.90 Å². The van der Waals surface area contributed by atoms with Crippen molar-refractivity contribution in [2.45, 2.75) is 6.92 Å². The molecule has 0 aliphatic rings. The molecule has 0 saturated heterocycles. The van der Waals surface area contributed by atoms with Gasteiger partial charge in [-0.3, -0.25) is 4.79 Å². The van der Waals surface area contributed by atoms with Crippen LogP contribution in [0.3, 0.4) is 0 Å². The Hall–Kier alpha value is -3.13. The number of rotatable bonds is 4. The van der Waals surface area contributed by atoms with Gasteiger partial charge in [0.05, 0.1) is 17.9 Å². The van der Waals surface area contributed by atoms with Crippen molar-refractivity contribution in [1.29, 1.82) is 0 Å². The third kappa shape index (κ3) is 2.84. The summed E-state index contributed by atoms with van der Waals surface area (Å²) in [6, 6.07) is 7.36. The number of carbonyl (C=O) groups is 1. The molecular weight excluding hydrogens is 353 g/mol. The third-order valence-electron chi connectivity index (χ3n) is 3.97. The lowest BCUT2D eigenvalue weighted by Gasteiger charge is -2.17. The maximum Gasteiger partial charge on any atom is 0.230 e. The van der Waals surface area contributed by atoms with Crippen molar-refractivity contribution in [2.24, 2.45) is 0 Å². The summed E-state index contributed by atoms with van der Waals surface area (Å²) in [5, 5.41) is 0.861. The largest absolute Gasteiger partial charge is 0.331 e. The van der Waals surface area contributed by atoms with Crippen LogP contribution >= 0.6 is 11.3 Å². The van der Waals surface area contributed by atoms with Crippen LogP contribution in [0.5, 0.6) is 0 Å². The molecule has 3 heterocycles. The first kappa shape index (κ1) is 16.3. The van der Waals surface area contributed by atoms with Gasteiger partial charge >= 0.3 is 0 Å². The number of hydrogen-bond donors (Lipinski definition) is 1. The van der Waals surface area contributed by atoms with E-state index in [9.17, 15) is 9.18 Å². The molecule has 130 valence electrons. The molecule has 0 fully saturated rings. The summed E-state index contributed by atoms with van der Waals surface area (Å²) >= 11 is 1.49. The van der Waals surface area contributed by atoms with Gasteiger partial charge in [0.25, 0.3) is 0 Å². The molecule has 4 rings (SSSR count). The van der Waals surface area contributed by atoms with Gasteiger partial charge in [-0.1, -0.05) is 0 Å². The van der Waals surface area contributed by atoms with Crippen LogP contribution in [0.2, 0.25) is 0 Å². The molecule has 0 saturated carbocycles. The molecule has 8 heteroatoms. The summed E-state index contributed by atoms with van der Waals surface area (Å²) in [5.74, 6) is 0.680. The van der Waals surface area contributed by atoms with Gasteiger partial charge in [0, 0.05) is 17.5 Å². The smallest absolute Gasteiger partial charge is 0.230 e. The van der Waals surface area contributed by atoms with Gasteiger partial charge in [0.15, 0.2) is 0 Å². The number of nitrogens with one attached hydrogen (secondary N) is 1. The summed E-state index contributed by atoms with van der Waals surface area (Å²) in [6.07, 6.45) is 3.25. The lowest BCUT2D eigenvalue weighted by molar-refractivity contribution is 0.103. The number of thiophene rings is 1. The highest BCUT2D eigenvalue weighted by atomic mass is 32.1. The lowest BCUT2D eigenvalue weighted by Crippen LogP contribution is -2.15. The van der Waals surface area contributed by atoms with Crippen molar-refractivity contribution in [3.8, 4) is 0 Å². The SMILES string of the molecule is Cc1cc2c(N(C)c3cnc[nH]3)nc(C(=O)c3ccc(F)cc3)nc2s1. The maximum absolute atomic E-state index is 13.1. The summed E-state index contributed by atoms with van der Waals surface area (Å²) in [5.41, 5.74) is 0.342. The molecule has 3 aromatic heterocycles. The summed E-state index contributed by atoms with van der Waals surface area (Å²) < 4.78 is 13.1. The second-order valence-electron chi connectivity index (χ2n) is 5.78. The van der Waals surface area contributed by atoms with Crippen molar-refractivity contribution in [3.05, 3.63) is 64.9 Å². The van der Waals surface area contributed by atoms with Crippen molar-refractivity contribution in [1.82, 2.24) is 19.9 Å². The Balaban J connectivity index is 1.86. The number of hydrogen-bond acceptors (Lipinski definition) is 6. The number of aryl methyl sites for hydroxylation is 1. The van der Waals surface area contributed by atoms with E-state index < -0.39 is 5.82 Å². The van der Waals surface area contributed by atoms with Gasteiger partial charge in [-0.05, 0) is 37.3 Å². The highest BCUT2D eigenvalue weighted by Gasteiger charge is 2.20. The Bertz CT molecular complexity index is 1090.